The molecule has 0 aromatic heterocycles. The van der Waals surface area contributed by atoms with Crippen molar-refractivity contribution in [3.05, 3.63) is 122 Å². The first-order chi connectivity index (χ1) is 20.3. The Hall–Kier alpha value is -5.75. The first kappa shape index (κ1) is 27.8. The van der Waals surface area contributed by atoms with E-state index in [4.69, 9.17) is 25.8 Å². The maximum absolute atomic E-state index is 12.8. The van der Waals surface area contributed by atoms with Crippen molar-refractivity contribution in [2.45, 2.75) is 0 Å². The number of benzene rings is 4. The molecule has 12 nitrogen and oxygen atoms in total. The number of nitro benzene ring substituents is 1. The molecule has 0 radical (unpaired) electrons. The summed E-state index contributed by atoms with van der Waals surface area (Å²) in [5, 5.41) is 18.7. The maximum Gasteiger partial charge on any atom is 0.343 e. The Morgan fingerprint density at radius 1 is 0.881 bits per heavy atom. The molecule has 0 aliphatic carbocycles. The van der Waals surface area contributed by atoms with Gasteiger partial charge in [-0.25, -0.2) is 10.2 Å². The number of carbonyl (C=O) groups is 3. The molecule has 0 atom stereocenters. The molecule has 5 rings (SSSR count). The van der Waals surface area contributed by atoms with Crippen LogP contribution in [0.3, 0.4) is 0 Å². The van der Waals surface area contributed by atoms with E-state index < -0.39 is 22.5 Å². The van der Waals surface area contributed by atoms with Crippen molar-refractivity contribution in [2.75, 3.05) is 12.1 Å². The lowest BCUT2D eigenvalue weighted by atomic mass is 10.1. The van der Waals surface area contributed by atoms with Gasteiger partial charge in [0.05, 0.1) is 16.7 Å². The van der Waals surface area contributed by atoms with Gasteiger partial charge in [0.2, 0.25) is 12.5 Å². The number of nitrogens with one attached hydrogen (secondary N) is 2. The van der Waals surface area contributed by atoms with E-state index in [2.05, 4.69) is 15.8 Å². The van der Waals surface area contributed by atoms with Crippen molar-refractivity contribution in [3.63, 3.8) is 0 Å². The SMILES string of the molecule is O=C(N/N=C/c1cccc([N+](=O)[O-])c1OC(=O)c1ccc2c(c1)OCO2)c1ccc(NC(=O)c2ccc(Cl)cc2)cc1. The lowest BCUT2D eigenvalue weighted by Gasteiger charge is -2.09. The number of nitrogens with zero attached hydrogens (tertiary/aromatic N) is 2. The number of hydrogen-bond acceptors (Lipinski definition) is 9. The summed E-state index contributed by atoms with van der Waals surface area (Å²) >= 11 is 5.85. The maximum atomic E-state index is 12.8. The summed E-state index contributed by atoms with van der Waals surface area (Å²) in [5.41, 5.74) is 3.09. The zero-order chi connectivity index (χ0) is 29.6. The highest BCUT2D eigenvalue weighted by Gasteiger charge is 2.24. The van der Waals surface area contributed by atoms with Gasteiger partial charge in [-0.05, 0) is 72.8 Å². The second-order valence-corrected chi connectivity index (χ2v) is 9.08. The summed E-state index contributed by atoms with van der Waals surface area (Å²) in [6.07, 6.45) is 1.12. The van der Waals surface area contributed by atoms with Gasteiger partial charge in [0.25, 0.3) is 11.8 Å². The van der Waals surface area contributed by atoms with Gasteiger partial charge in [-0.15, -0.1) is 0 Å². The second-order valence-electron chi connectivity index (χ2n) is 8.65. The smallest absolute Gasteiger partial charge is 0.343 e. The Bertz CT molecular complexity index is 1720. The molecule has 0 fully saturated rings. The fourth-order valence-corrected chi connectivity index (χ4v) is 3.93. The van der Waals surface area contributed by atoms with Crippen LogP contribution in [0.25, 0.3) is 0 Å². The Morgan fingerprint density at radius 3 is 2.29 bits per heavy atom. The normalized spacial score (nSPS) is 11.6. The number of nitro groups is 1. The number of ether oxygens (including phenoxy) is 3. The van der Waals surface area contributed by atoms with Crippen LogP contribution in [0.15, 0.2) is 90.0 Å². The first-order valence-corrected chi connectivity index (χ1v) is 12.6. The van der Waals surface area contributed by atoms with Gasteiger partial charge in [-0.1, -0.05) is 17.7 Å². The fourth-order valence-electron chi connectivity index (χ4n) is 3.81. The van der Waals surface area contributed by atoms with Crippen molar-refractivity contribution in [3.8, 4) is 17.2 Å². The highest BCUT2D eigenvalue weighted by atomic mass is 35.5. The highest BCUT2D eigenvalue weighted by Crippen LogP contribution is 2.34. The van der Waals surface area contributed by atoms with Crippen LogP contribution in [0.1, 0.15) is 36.6 Å². The molecule has 42 heavy (non-hydrogen) atoms. The number of para-hydroxylation sites is 1. The molecular weight excluding hydrogens is 568 g/mol. The fraction of sp³-hybridized carbons (Fsp3) is 0.0345. The average Bonchev–Trinajstić information content (AvgIpc) is 3.46. The van der Waals surface area contributed by atoms with Gasteiger partial charge in [0.15, 0.2) is 11.5 Å². The predicted molar refractivity (Wildman–Crippen MR) is 152 cm³/mol. The molecule has 2 amide bonds. The summed E-state index contributed by atoms with van der Waals surface area (Å²) in [7, 11) is 0. The second kappa shape index (κ2) is 12.2. The lowest BCUT2D eigenvalue weighted by Crippen LogP contribution is -2.18. The van der Waals surface area contributed by atoms with Gasteiger partial charge in [-0.3, -0.25) is 19.7 Å². The summed E-state index contributed by atoms with van der Waals surface area (Å²) in [6.45, 7) is 0.00928. The number of hydrazone groups is 1. The third kappa shape index (κ3) is 6.35. The standard InChI is InChI=1S/C29H19ClN4O8/c30-21-9-4-17(5-10-21)27(35)32-22-11-6-18(7-12-22)28(36)33-31-15-20-2-1-3-23(34(38)39)26(20)42-29(37)19-8-13-24-25(14-19)41-16-40-24/h1-15H,16H2,(H,32,35)(H,33,36)/b31-15+. The molecule has 0 saturated carbocycles. The van der Waals surface area contributed by atoms with Crippen LogP contribution in [-0.2, 0) is 0 Å². The summed E-state index contributed by atoms with van der Waals surface area (Å²) < 4.78 is 15.9. The molecule has 4 aromatic carbocycles. The molecule has 0 spiro atoms. The first-order valence-electron chi connectivity index (χ1n) is 12.2. The zero-order valence-corrected chi connectivity index (χ0v) is 22.2. The number of amides is 2. The minimum Gasteiger partial charge on any atom is -0.454 e. The van der Waals surface area contributed by atoms with Crippen molar-refractivity contribution >= 4 is 47.0 Å². The molecule has 0 unspecified atom stereocenters. The summed E-state index contributed by atoms with van der Waals surface area (Å²) in [5.74, 6) is -1.37. The van der Waals surface area contributed by atoms with E-state index in [9.17, 15) is 24.5 Å². The Labute approximate surface area is 242 Å². The van der Waals surface area contributed by atoms with Crippen LogP contribution in [0.2, 0.25) is 5.02 Å². The van der Waals surface area contributed by atoms with Crippen molar-refractivity contribution in [1.29, 1.82) is 0 Å². The van der Waals surface area contributed by atoms with E-state index in [0.29, 0.717) is 27.8 Å². The van der Waals surface area contributed by atoms with Crippen molar-refractivity contribution in [2.24, 2.45) is 5.10 Å². The molecule has 0 saturated heterocycles. The van der Waals surface area contributed by atoms with Crippen molar-refractivity contribution < 1.29 is 33.5 Å². The predicted octanol–water partition coefficient (Wildman–Crippen LogP) is 5.21. The average molecular weight is 587 g/mol. The van der Waals surface area contributed by atoms with Crippen LogP contribution in [0.5, 0.6) is 17.2 Å². The molecule has 4 aromatic rings. The number of halogens is 1. The third-order valence-electron chi connectivity index (χ3n) is 5.91. The zero-order valence-electron chi connectivity index (χ0n) is 21.4. The molecule has 210 valence electrons. The van der Waals surface area contributed by atoms with Gasteiger partial charge < -0.3 is 19.5 Å². The molecule has 1 heterocycles. The largest absolute Gasteiger partial charge is 0.454 e. The van der Waals surface area contributed by atoms with E-state index in [-0.39, 0.29) is 35.1 Å². The quantitative estimate of drug-likeness (QED) is 0.0935. The van der Waals surface area contributed by atoms with Crippen molar-refractivity contribution in [1.82, 2.24) is 5.43 Å². The summed E-state index contributed by atoms with van der Waals surface area (Å²) in [6, 6.07) is 20.8. The third-order valence-corrected chi connectivity index (χ3v) is 6.16. The number of esters is 1. The minimum absolute atomic E-state index is 0.00928. The van der Waals surface area contributed by atoms with Gasteiger partial charge in [0.1, 0.15) is 0 Å². The number of carbonyl (C=O) groups excluding carboxylic acids is 3. The number of fused-ring (bicyclic) bond motifs is 1. The number of anilines is 1. The van der Waals surface area contributed by atoms with Crippen LogP contribution in [0.4, 0.5) is 11.4 Å². The molecular formula is C29H19ClN4O8. The molecule has 2 N–H and O–H groups in total. The van der Waals surface area contributed by atoms with Crippen LogP contribution >= 0.6 is 11.6 Å². The minimum atomic E-state index is -0.871. The van der Waals surface area contributed by atoms with Crippen LogP contribution < -0.4 is 25.0 Å². The number of hydrogen-bond donors (Lipinski definition) is 2. The molecule has 13 heteroatoms. The van der Waals surface area contributed by atoms with E-state index in [1.165, 1.54) is 48.5 Å². The van der Waals surface area contributed by atoms with Gasteiger partial charge in [0, 0.05) is 33.5 Å². The van der Waals surface area contributed by atoms with E-state index in [1.807, 2.05) is 0 Å². The lowest BCUT2D eigenvalue weighted by molar-refractivity contribution is -0.385. The topological polar surface area (TPSA) is 158 Å². The van der Waals surface area contributed by atoms with E-state index >= 15 is 0 Å². The van der Waals surface area contributed by atoms with Gasteiger partial charge >= 0.3 is 11.7 Å². The monoisotopic (exact) mass is 586 g/mol. The summed E-state index contributed by atoms with van der Waals surface area (Å²) in [4.78, 5) is 48.7. The Balaban J connectivity index is 1.26. The molecule has 1 aliphatic rings. The van der Waals surface area contributed by atoms with Crippen LogP contribution in [-0.4, -0.2) is 35.7 Å². The Kier molecular flexibility index (Phi) is 8.07. The highest BCUT2D eigenvalue weighted by molar-refractivity contribution is 6.30. The van der Waals surface area contributed by atoms with E-state index in [1.54, 1.807) is 36.4 Å². The van der Waals surface area contributed by atoms with Gasteiger partial charge in [-0.2, -0.15) is 5.10 Å². The number of rotatable bonds is 8. The van der Waals surface area contributed by atoms with E-state index in [0.717, 1.165) is 6.21 Å². The van der Waals surface area contributed by atoms with Crippen LogP contribution in [0, 0.1) is 10.1 Å². The molecule has 1 aliphatic heterocycles. The Morgan fingerprint density at radius 2 is 1.55 bits per heavy atom. The molecule has 0 bridgehead atoms.